The van der Waals surface area contributed by atoms with Crippen LogP contribution in [0.15, 0.2) is 42.5 Å². The van der Waals surface area contributed by atoms with Crippen LogP contribution in [0.3, 0.4) is 0 Å². The van der Waals surface area contributed by atoms with Crippen LogP contribution in [0, 0.1) is 5.92 Å². The highest BCUT2D eigenvalue weighted by Crippen LogP contribution is 2.43. The molecule has 168 valence electrons. The number of fused-ring (bicyclic) bond motifs is 1. The lowest BCUT2D eigenvalue weighted by Gasteiger charge is -2.37. The first-order valence-corrected chi connectivity index (χ1v) is 12.7. The van der Waals surface area contributed by atoms with Crippen molar-refractivity contribution in [3.8, 4) is 0 Å². The maximum absolute atomic E-state index is 12.3. The zero-order valence-corrected chi connectivity index (χ0v) is 19.7. The average molecular weight is 469 g/mol. The van der Waals surface area contributed by atoms with Crippen LogP contribution in [-0.2, 0) is 6.42 Å². The van der Waals surface area contributed by atoms with Crippen molar-refractivity contribution in [3.63, 3.8) is 0 Å². The maximum Gasteiger partial charge on any atom is 0.315 e. The zero-order valence-electron chi connectivity index (χ0n) is 18.2. The van der Waals surface area contributed by atoms with Crippen LogP contribution in [0.2, 0.25) is 5.02 Å². The number of halogens is 1. The maximum atomic E-state index is 12.3. The van der Waals surface area contributed by atoms with Gasteiger partial charge in [0.15, 0.2) is 0 Å². The number of nitrogens with zero attached hydrogens (tertiary/aromatic N) is 3. The number of hydrogen-bond donors (Lipinski definition) is 1. The molecule has 2 N–H and O–H groups in total. The first-order valence-electron chi connectivity index (χ1n) is 11.5. The normalized spacial score (nSPS) is 21.8. The van der Waals surface area contributed by atoms with Crippen LogP contribution in [0.1, 0.15) is 48.7 Å². The van der Waals surface area contributed by atoms with Crippen LogP contribution in [0.4, 0.5) is 10.5 Å². The highest BCUT2D eigenvalue weighted by atomic mass is 35.5. The molecule has 2 unspecified atom stereocenters. The number of rotatable bonds is 4. The smallest absolute Gasteiger partial charge is 0.315 e. The van der Waals surface area contributed by atoms with Gasteiger partial charge in [-0.05, 0) is 62.1 Å². The summed E-state index contributed by atoms with van der Waals surface area (Å²) in [7, 11) is 0. The average Bonchev–Trinajstić information content (AvgIpc) is 3.27. The third-order valence-corrected chi connectivity index (χ3v) is 8.32. The second-order valence-electron chi connectivity index (χ2n) is 8.97. The van der Waals surface area contributed by atoms with Crippen molar-refractivity contribution in [2.24, 2.45) is 11.7 Å². The molecule has 0 spiro atoms. The summed E-state index contributed by atoms with van der Waals surface area (Å²) in [6, 6.07) is 14.2. The second-order valence-corrected chi connectivity index (χ2v) is 10.4. The first-order chi connectivity index (χ1) is 15.6. The number of benzene rings is 2. The first kappa shape index (κ1) is 21.5. The molecule has 2 aliphatic heterocycles. The van der Waals surface area contributed by atoms with Crippen LogP contribution in [-0.4, -0.2) is 35.5 Å². The molecule has 2 amide bonds. The minimum absolute atomic E-state index is 0.0994. The Balaban J connectivity index is 1.48. The molecule has 2 saturated heterocycles. The summed E-state index contributed by atoms with van der Waals surface area (Å²) < 4.78 is 1.13. The van der Waals surface area contributed by atoms with E-state index in [1.54, 1.807) is 16.2 Å². The number of carbonyl (C=O) groups is 1. The largest absolute Gasteiger partial charge is 0.370 e. The Bertz CT molecular complexity index is 1100. The van der Waals surface area contributed by atoms with Crippen molar-refractivity contribution in [2.45, 2.75) is 44.6 Å². The van der Waals surface area contributed by atoms with E-state index in [2.05, 4.69) is 35.2 Å². The van der Waals surface area contributed by atoms with Gasteiger partial charge in [0.25, 0.3) is 0 Å². The zero-order chi connectivity index (χ0) is 22.1. The Hall–Kier alpha value is -2.31. The van der Waals surface area contributed by atoms with Crippen LogP contribution in [0.5, 0.6) is 0 Å². The molecule has 5 rings (SSSR count). The molecule has 0 saturated carbocycles. The van der Waals surface area contributed by atoms with Crippen molar-refractivity contribution in [3.05, 3.63) is 58.1 Å². The van der Waals surface area contributed by atoms with Gasteiger partial charge in [0.2, 0.25) is 0 Å². The number of urea groups is 1. The molecule has 2 atom stereocenters. The van der Waals surface area contributed by atoms with Crippen LogP contribution >= 0.6 is 22.9 Å². The Labute approximate surface area is 198 Å². The third kappa shape index (κ3) is 4.30. The summed E-state index contributed by atoms with van der Waals surface area (Å²) in [5.41, 5.74) is 9.20. The van der Waals surface area contributed by atoms with Crippen LogP contribution < -0.4 is 10.6 Å². The van der Waals surface area contributed by atoms with E-state index < -0.39 is 0 Å². The number of anilines is 1. The monoisotopic (exact) mass is 468 g/mol. The molecule has 1 aromatic heterocycles. The van der Waals surface area contributed by atoms with Crippen molar-refractivity contribution in [1.29, 1.82) is 0 Å². The molecule has 2 aromatic carbocycles. The molecule has 0 radical (unpaired) electrons. The minimum atomic E-state index is -0.366. The number of thiazole rings is 1. The number of primary amides is 1. The number of nitrogens with two attached hydrogens (primary N) is 1. The highest BCUT2D eigenvalue weighted by Gasteiger charge is 2.34. The van der Waals surface area contributed by atoms with Gasteiger partial charge in [-0.1, -0.05) is 41.9 Å². The molecule has 5 nitrogen and oxygen atoms in total. The van der Waals surface area contributed by atoms with E-state index in [0.717, 1.165) is 47.6 Å². The van der Waals surface area contributed by atoms with Crippen molar-refractivity contribution >= 4 is 44.9 Å². The molecular weight excluding hydrogens is 440 g/mol. The number of aromatic nitrogens is 1. The highest BCUT2D eigenvalue weighted by molar-refractivity contribution is 7.19. The van der Waals surface area contributed by atoms with Gasteiger partial charge in [0, 0.05) is 19.6 Å². The Morgan fingerprint density at radius 3 is 2.62 bits per heavy atom. The standard InChI is InChI=1S/C25H29ClN4OS/c26-19-9-10-20(29-12-5-2-6-13-29)23-22(19)28-24(32-23)21-16-18(11-14-30(21)25(27)31)15-17-7-3-1-4-8-17/h1,3-4,7-10,18,21H,2,5-6,11-16H2,(H2,27,31). The summed E-state index contributed by atoms with van der Waals surface area (Å²) in [5.74, 6) is 0.488. The summed E-state index contributed by atoms with van der Waals surface area (Å²) in [6.45, 7) is 2.81. The lowest BCUT2D eigenvalue weighted by atomic mass is 9.86. The SMILES string of the molecule is NC(=O)N1CCC(Cc2ccccc2)CC1c1nc2c(Cl)ccc(N3CCCCC3)c2s1. The van der Waals surface area contributed by atoms with Gasteiger partial charge in [0.1, 0.15) is 10.5 Å². The van der Waals surface area contributed by atoms with Gasteiger partial charge in [-0.2, -0.15) is 0 Å². The summed E-state index contributed by atoms with van der Waals surface area (Å²) in [6.07, 6.45) is 6.56. The van der Waals surface area contributed by atoms with Gasteiger partial charge in [-0.15, -0.1) is 11.3 Å². The second kappa shape index (κ2) is 9.28. The van der Waals surface area contributed by atoms with E-state index in [0.29, 0.717) is 17.5 Å². The van der Waals surface area contributed by atoms with Crippen LogP contribution in [0.25, 0.3) is 10.2 Å². The van der Waals surface area contributed by atoms with Crippen molar-refractivity contribution in [2.75, 3.05) is 24.5 Å². The fourth-order valence-corrected chi connectivity index (χ4v) is 6.69. The number of amides is 2. The van der Waals surface area contributed by atoms with Gasteiger partial charge in [-0.3, -0.25) is 0 Å². The number of piperidine rings is 2. The lowest BCUT2D eigenvalue weighted by Crippen LogP contribution is -2.44. The third-order valence-electron chi connectivity index (χ3n) is 6.83. The van der Waals surface area contributed by atoms with E-state index in [1.807, 2.05) is 12.1 Å². The number of hydrogen-bond acceptors (Lipinski definition) is 4. The fraction of sp³-hybridized carbons (Fsp3) is 0.440. The van der Waals surface area contributed by atoms with Crippen molar-refractivity contribution in [1.82, 2.24) is 9.88 Å². The molecule has 3 aromatic rings. The Morgan fingerprint density at radius 1 is 1.09 bits per heavy atom. The van der Waals surface area contributed by atoms with E-state index in [4.69, 9.17) is 22.3 Å². The van der Waals surface area contributed by atoms with Gasteiger partial charge < -0.3 is 15.5 Å². The lowest BCUT2D eigenvalue weighted by molar-refractivity contribution is 0.133. The molecule has 32 heavy (non-hydrogen) atoms. The summed E-state index contributed by atoms with van der Waals surface area (Å²) in [5, 5.41) is 1.62. The quantitative estimate of drug-likeness (QED) is 0.509. The molecule has 0 bridgehead atoms. The van der Waals surface area contributed by atoms with Crippen molar-refractivity contribution < 1.29 is 4.79 Å². The Kier molecular flexibility index (Phi) is 6.24. The molecule has 0 aliphatic carbocycles. The molecule has 7 heteroatoms. The fourth-order valence-electron chi connectivity index (χ4n) is 5.17. The number of likely N-dealkylation sites (tertiary alicyclic amines) is 1. The van der Waals surface area contributed by atoms with E-state index >= 15 is 0 Å². The molecule has 2 aliphatic rings. The molecular formula is C25H29ClN4OS. The minimum Gasteiger partial charge on any atom is -0.370 e. The summed E-state index contributed by atoms with van der Waals surface area (Å²) >= 11 is 8.26. The Morgan fingerprint density at radius 2 is 1.88 bits per heavy atom. The predicted octanol–water partition coefficient (Wildman–Crippen LogP) is 6.01. The topological polar surface area (TPSA) is 62.5 Å². The van der Waals surface area contributed by atoms with E-state index in [1.165, 1.54) is 30.5 Å². The van der Waals surface area contributed by atoms with E-state index in [9.17, 15) is 4.79 Å². The van der Waals surface area contributed by atoms with Gasteiger partial charge in [0.05, 0.1) is 21.5 Å². The molecule has 3 heterocycles. The van der Waals surface area contributed by atoms with Gasteiger partial charge >= 0.3 is 6.03 Å². The predicted molar refractivity (Wildman–Crippen MR) is 133 cm³/mol. The van der Waals surface area contributed by atoms with Gasteiger partial charge in [-0.25, -0.2) is 9.78 Å². The summed E-state index contributed by atoms with van der Waals surface area (Å²) in [4.78, 5) is 21.5. The number of carbonyl (C=O) groups excluding carboxylic acids is 1. The molecule has 2 fully saturated rings. The van der Waals surface area contributed by atoms with E-state index in [-0.39, 0.29) is 12.1 Å².